The van der Waals surface area contributed by atoms with E-state index in [1.807, 2.05) is 62.4 Å². The van der Waals surface area contributed by atoms with Gasteiger partial charge in [0.2, 0.25) is 0 Å². The molecule has 2 aromatic carbocycles. The number of aromatic amines is 1. The highest BCUT2D eigenvalue weighted by Gasteiger charge is 2.36. The Hall–Kier alpha value is -2.10. The van der Waals surface area contributed by atoms with Crippen LogP contribution in [0.15, 0.2) is 61.1 Å². The minimum absolute atomic E-state index is 0.00724. The highest BCUT2D eigenvalue weighted by molar-refractivity contribution is 6.30. The molecule has 23 heavy (non-hydrogen) atoms. The van der Waals surface area contributed by atoms with E-state index < -0.39 is 5.60 Å². The summed E-state index contributed by atoms with van der Waals surface area (Å²) in [5.41, 5.74) is 2.52. The van der Waals surface area contributed by atoms with Crippen LogP contribution in [0.3, 0.4) is 0 Å². The van der Waals surface area contributed by atoms with Gasteiger partial charge in [-0.3, -0.25) is 0 Å². The van der Waals surface area contributed by atoms with Gasteiger partial charge in [-0.2, -0.15) is 0 Å². The molecular formula is C19H19ClN2O. The van der Waals surface area contributed by atoms with E-state index in [1.54, 1.807) is 12.5 Å². The minimum Gasteiger partial charge on any atom is -0.378 e. The molecule has 0 aliphatic carbocycles. The first-order valence-electron chi connectivity index (χ1n) is 7.60. The van der Waals surface area contributed by atoms with Gasteiger partial charge in [0.15, 0.2) is 0 Å². The Morgan fingerprint density at radius 1 is 1.00 bits per heavy atom. The molecule has 0 aliphatic heterocycles. The number of benzene rings is 2. The van der Waals surface area contributed by atoms with Crippen molar-refractivity contribution in [2.45, 2.75) is 19.4 Å². The Labute approximate surface area is 141 Å². The standard InChI is InChI=1S/C19H19ClN2O/c1-13(2)19(23,18-11-21-12-22-18)16-7-3-14(4-8-16)15-5-9-17(20)10-6-15/h3-13,23H,1-2H3,(H,21,22). The van der Waals surface area contributed by atoms with Gasteiger partial charge in [0.1, 0.15) is 5.60 Å². The molecule has 0 bridgehead atoms. The summed E-state index contributed by atoms with van der Waals surface area (Å²) in [7, 11) is 0. The predicted octanol–water partition coefficient (Wildman–Crippen LogP) is 4.62. The summed E-state index contributed by atoms with van der Waals surface area (Å²) in [5.74, 6) is -0.00724. The number of halogens is 1. The predicted molar refractivity (Wildman–Crippen MR) is 93.3 cm³/mol. The van der Waals surface area contributed by atoms with Gasteiger partial charge in [0, 0.05) is 11.2 Å². The van der Waals surface area contributed by atoms with E-state index >= 15 is 0 Å². The molecule has 1 unspecified atom stereocenters. The zero-order chi connectivity index (χ0) is 16.4. The van der Waals surface area contributed by atoms with Crippen LogP contribution >= 0.6 is 11.6 Å². The number of aromatic nitrogens is 2. The summed E-state index contributed by atoms with van der Waals surface area (Å²) in [5, 5.41) is 11.9. The summed E-state index contributed by atoms with van der Waals surface area (Å²) >= 11 is 5.93. The normalized spacial score (nSPS) is 14.0. The first-order chi connectivity index (χ1) is 11.0. The van der Waals surface area contributed by atoms with E-state index in [1.165, 1.54) is 0 Å². The van der Waals surface area contributed by atoms with Gasteiger partial charge in [-0.25, -0.2) is 4.98 Å². The van der Waals surface area contributed by atoms with Crippen LogP contribution in [-0.4, -0.2) is 15.1 Å². The monoisotopic (exact) mass is 326 g/mol. The lowest BCUT2D eigenvalue weighted by Crippen LogP contribution is -2.33. The number of hydrogen-bond donors (Lipinski definition) is 2. The lowest BCUT2D eigenvalue weighted by Gasteiger charge is -2.31. The fourth-order valence-electron chi connectivity index (χ4n) is 2.80. The molecule has 1 atom stereocenters. The Morgan fingerprint density at radius 3 is 2.04 bits per heavy atom. The van der Waals surface area contributed by atoms with Gasteiger partial charge in [-0.15, -0.1) is 0 Å². The molecule has 0 aliphatic rings. The van der Waals surface area contributed by atoms with Gasteiger partial charge < -0.3 is 10.1 Å². The number of imidazole rings is 1. The van der Waals surface area contributed by atoms with Gasteiger partial charge >= 0.3 is 0 Å². The molecule has 118 valence electrons. The SMILES string of the molecule is CC(C)C(O)(c1ccc(-c2ccc(Cl)cc2)cc1)c1c[nH]cn1. The molecule has 0 radical (unpaired) electrons. The third-order valence-corrected chi connectivity index (χ3v) is 4.48. The highest BCUT2D eigenvalue weighted by Crippen LogP contribution is 2.36. The molecule has 0 amide bonds. The zero-order valence-corrected chi connectivity index (χ0v) is 13.9. The molecule has 1 heterocycles. The van der Waals surface area contributed by atoms with Crippen LogP contribution in [0.4, 0.5) is 0 Å². The molecule has 0 saturated heterocycles. The van der Waals surface area contributed by atoms with E-state index in [-0.39, 0.29) is 5.92 Å². The Kier molecular flexibility index (Phi) is 4.24. The van der Waals surface area contributed by atoms with Crippen molar-refractivity contribution in [3.8, 4) is 11.1 Å². The quantitative estimate of drug-likeness (QED) is 0.734. The number of H-pyrrole nitrogens is 1. The van der Waals surface area contributed by atoms with Crippen LogP contribution in [0.2, 0.25) is 5.02 Å². The minimum atomic E-state index is -1.11. The van der Waals surface area contributed by atoms with E-state index in [0.29, 0.717) is 5.69 Å². The van der Waals surface area contributed by atoms with Crippen molar-refractivity contribution < 1.29 is 5.11 Å². The molecule has 1 aromatic heterocycles. The van der Waals surface area contributed by atoms with E-state index in [9.17, 15) is 5.11 Å². The Morgan fingerprint density at radius 2 is 1.57 bits per heavy atom. The number of nitrogens with one attached hydrogen (secondary N) is 1. The van der Waals surface area contributed by atoms with Crippen LogP contribution in [0.1, 0.15) is 25.1 Å². The fourth-order valence-corrected chi connectivity index (χ4v) is 2.93. The molecule has 2 N–H and O–H groups in total. The molecule has 3 aromatic rings. The van der Waals surface area contributed by atoms with Crippen molar-refractivity contribution in [2.24, 2.45) is 5.92 Å². The summed E-state index contributed by atoms with van der Waals surface area (Å²) in [4.78, 5) is 7.17. The van der Waals surface area contributed by atoms with Gasteiger partial charge in [-0.1, -0.05) is 61.8 Å². The van der Waals surface area contributed by atoms with Crippen molar-refractivity contribution in [1.29, 1.82) is 0 Å². The number of nitrogens with zero attached hydrogens (tertiary/aromatic N) is 1. The maximum Gasteiger partial charge on any atom is 0.135 e. The molecule has 4 heteroatoms. The lowest BCUT2D eigenvalue weighted by molar-refractivity contribution is 0.0279. The van der Waals surface area contributed by atoms with Gasteiger partial charge in [0.25, 0.3) is 0 Å². The summed E-state index contributed by atoms with van der Waals surface area (Å²) in [6.45, 7) is 3.98. The first-order valence-corrected chi connectivity index (χ1v) is 7.97. The van der Waals surface area contributed by atoms with Gasteiger partial charge in [-0.05, 0) is 34.7 Å². The van der Waals surface area contributed by atoms with Crippen LogP contribution in [-0.2, 0) is 5.60 Å². The average Bonchev–Trinajstić information content (AvgIpc) is 3.10. The second kappa shape index (κ2) is 6.19. The number of hydrogen-bond acceptors (Lipinski definition) is 2. The maximum absolute atomic E-state index is 11.2. The summed E-state index contributed by atoms with van der Waals surface area (Å²) in [6, 6.07) is 15.7. The maximum atomic E-state index is 11.2. The van der Waals surface area contributed by atoms with Crippen LogP contribution in [0.5, 0.6) is 0 Å². The second-order valence-electron chi connectivity index (χ2n) is 5.96. The third-order valence-electron chi connectivity index (χ3n) is 4.23. The summed E-state index contributed by atoms with van der Waals surface area (Å²) < 4.78 is 0. The molecule has 0 saturated carbocycles. The smallest absolute Gasteiger partial charge is 0.135 e. The second-order valence-corrected chi connectivity index (χ2v) is 6.40. The average molecular weight is 327 g/mol. The van der Waals surface area contributed by atoms with Crippen molar-refractivity contribution in [1.82, 2.24) is 9.97 Å². The zero-order valence-electron chi connectivity index (χ0n) is 13.1. The fraction of sp³-hybridized carbons (Fsp3) is 0.211. The Bertz CT molecular complexity index is 764. The largest absolute Gasteiger partial charge is 0.378 e. The van der Waals surface area contributed by atoms with Crippen molar-refractivity contribution >= 4 is 11.6 Å². The van der Waals surface area contributed by atoms with Crippen molar-refractivity contribution in [3.63, 3.8) is 0 Å². The molecule has 0 fully saturated rings. The van der Waals surface area contributed by atoms with E-state index in [0.717, 1.165) is 21.7 Å². The van der Waals surface area contributed by atoms with Crippen molar-refractivity contribution in [2.75, 3.05) is 0 Å². The van der Waals surface area contributed by atoms with Crippen LogP contribution in [0, 0.1) is 5.92 Å². The summed E-state index contributed by atoms with van der Waals surface area (Å²) in [6.07, 6.45) is 3.33. The van der Waals surface area contributed by atoms with E-state index in [2.05, 4.69) is 9.97 Å². The van der Waals surface area contributed by atoms with Crippen LogP contribution < -0.4 is 0 Å². The topological polar surface area (TPSA) is 48.9 Å². The van der Waals surface area contributed by atoms with Crippen molar-refractivity contribution in [3.05, 3.63) is 77.3 Å². The highest BCUT2D eigenvalue weighted by atomic mass is 35.5. The molecule has 3 rings (SSSR count). The van der Waals surface area contributed by atoms with Crippen LogP contribution in [0.25, 0.3) is 11.1 Å². The third kappa shape index (κ3) is 2.90. The number of rotatable bonds is 4. The van der Waals surface area contributed by atoms with Gasteiger partial charge in [0.05, 0.1) is 12.0 Å². The lowest BCUT2D eigenvalue weighted by atomic mass is 9.80. The molecule has 0 spiro atoms. The van der Waals surface area contributed by atoms with E-state index in [4.69, 9.17) is 11.6 Å². The molecule has 3 nitrogen and oxygen atoms in total. The molecular weight excluding hydrogens is 308 g/mol. The Balaban J connectivity index is 1.99. The first kappa shape index (κ1) is 15.8. The number of aliphatic hydroxyl groups is 1.